The van der Waals surface area contributed by atoms with Crippen molar-refractivity contribution in [3.05, 3.63) is 24.0 Å². The minimum absolute atomic E-state index is 0.147. The molecular weight excluding hydrogens is 382 g/mol. The molecule has 0 amide bonds. The molecular formula is C19H24F2N6O2. The monoisotopic (exact) mass is 406 g/mol. The highest BCUT2D eigenvalue weighted by molar-refractivity contribution is 5.62. The number of nitrogens with zero attached hydrogens (tertiary/aromatic N) is 6. The van der Waals surface area contributed by atoms with Crippen molar-refractivity contribution in [2.24, 2.45) is 0 Å². The number of anilines is 2. The largest absolute Gasteiger partial charge is 0.378 e. The van der Waals surface area contributed by atoms with Gasteiger partial charge < -0.3 is 19.3 Å². The van der Waals surface area contributed by atoms with Crippen molar-refractivity contribution in [3.8, 4) is 11.4 Å². The van der Waals surface area contributed by atoms with E-state index < -0.39 is 6.43 Å². The first-order valence-corrected chi connectivity index (χ1v) is 9.62. The van der Waals surface area contributed by atoms with Crippen molar-refractivity contribution in [2.45, 2.75) is 25.8 Å². The van der Waals surface area contributed by atoms with Crippen molar-refractivity contribution in [1.29, 1.82) is 0 Å². The Balaban J connectivity index is 1.83. The van der Waals surface area contributed by atoms with E-state index in [1.807, 2.05) is 23.6 Å². The molecule has 156 valence electrons. The van der Waals surface area contributed by atoms with E-state index in [-0.39, 0.29) is 22.5 Å². The molecule has 2 aliphatic rings. The van der Waals surface area contributed by atoms with Crippen LogP contribution in [-0.2, 0) is 9.47 Å². The lowest BCUT2D eigenvalue weighted by Crippen LogP contribution is -2.54. The first-order chi connectivity index (χ1) is 14.0. The number of hydrogen-bond donors (Lipinski definition) is 0. The summed E-state index contributed by atoms with van der Waals surface area (Å²) in [4.78, 5) is 21.8. The number of hydrogen-bond acceptors (Lipinski definition) is 8. The summed E-state index contributed by atoms with van der Waals surface area (Å²) in [6.45, 7) is 8.14. The van der Waals surface area contributed by atoms with Gasteiger partial charge in [-0.05, 0) is 19.9 Å². The molecule has 2 fully saturated rings. The van der Waals surface area contributed by atoms with E-state index in [0.717, 1.165) is 0 Å². The van der Waals surface area contributed by atoms with Crippen molar-refractivity contribution >= 4 is 11.9 Å². The maximum absolute atomic E-state index is 13.6. The van der Waals surface area contributed by atoms with Gasteiger partial charge in [-0.15, -0.1) is 0 Å². The van der Waals surface area contributed by atoms with Gasteiger partial charge in [-0.3, -0.25) is 4.98 Å². The highest BCUT2D eigenvalue weighted by atomic mass is 19.3. The van der Waals surface area contributed by atoms with Crippen LogP contribution in [0.1, 0.15) is 25.8 Å². The van der Waals surface area contributed by atoms with E-state index in [1.165, 1.54) is 18.5 Å². The fourth-order valence-corrected chi connectivity index (χ4v) is 3.51. The topological polar surface area (TPSA) is 76.5 Å². The van der Waals surface area contributed by atoms with Gasteiger partial charge in [-0.2, -0.15) is 15.0 Å². The number of morpholine rings is 2. The van der Waals surface area contributed by atoms with E-state index in [1.54, 1.807) is 0 Å². The molecule has 0 bridgehead atoms. The maximum atomic E-state index is 13.6. The summed E-state index contributed by atoms with van der Waals surface area (Å²) in [5.74, 6) is 1.11. The van der Waals surface area contributed by atoms with E-state index in [4.69, 9.17) is 9.47 Å². The molecule has 2 aromatic heterocycles. The third-order valence-electron chi connectivity index (χ3n) is 5.12. The number of halogens is 2. The summed E-state index contributed by atoms with van der Waals surface area (Å²) in [5, 5.41) is 0. The predicted octanol–water partition coefficient (Wildman–Crippen LogP) is 2.32. The quantitative estimate of drug-likeness (QED) is 0.766. The molecule has 0 aliphatic carbocycles. The minimum Gasteiger partial charge on any atom is -0.378 e. The minimum atomic E-state index is -2.65. The van der Waals surface area contributed by atoms with Gasteiger partial charge >= 0.3 is 0 Å². The van der Waals surface area contributed by atoms with Gasteiger partial charge in [0.05, 0.1) is 32.0 Å². The number of alkyl halides is 2. The van der Waals surface area contributed by atoms with E-state index in [9.17, 15) is 8.78 Å². The molecule has 4 heterocycles. The normalized spacial score (nSPS) is 19.6. The van der Waals surface area contributed by atoms with Gasteiger partial charge in [-0.25, -0.2) is 8.78 Å². The highest BCUT2D eigenvalue weighted by Crippen LogP contribution is 2.32. The van der Waals surface area contributed by atoms with Gasteiger partial charge in [-0.1, -0.05) is 0 Å². The zero-order valence-corrected chi connectivity index (χ0v) is 16.5. The Morgan fingerprint density at radius 2 is 1.72 bits per heavy atom. The second-order valence-electron chi connectivity index (χ2n) is 7.64. The molecule has 2 saturated heterocycles. The Kier molecular flexibility index (Phi) is 5.55. The zero-order valence-electron chi connectivity index (χ0n) is 16.5. The van der Waals surface area contributed by atoms with Crippen LogP contribution in [0.25, 0.3) is 11.4 Å². The van der Waals surface area contributed by atoms with Crippen molar-refractivity contribution in [3.63, 3.8) is 0 Å². The zero-order chi connectivity index (χ0) is 20.4. The fraction of sp³-hybridized carbons (Fsp3) is 0.579. The molecule has 0 aromatic carbocycles. The summed E-state index contributed by atoms with van der Waals surface area (Å²) in [7, 11) is 0. The predicted molar refractivity (Wildman–Crippen MR) is 103 cm³/mol. The average Bonchev–Trinajstić information content (AvgIpc) is 2.73. The third kappa shape index (κ3) is 4.13. The van der Waals surface area contributed by atoms with E-state index >= 15 is 0 Å². The highest BCUT2D eigenvalue weighted by Gasteiger charge is 2.34. The van der Waals surface area contributed by atoms with Crippen LogP contribution >= 0.6 is 0 Å². The summed E-state index contributed by atoms with van der Waals surface area (Å²) in [5.41, 5.74) is -0.266. The molecule has 0 unspecified atom stereocenters. The Bertz CT molecular complexity index is 860. The summed E-state index contributed by atoms with van der Waals surface area (Å²) in [6, 6.07) is 1.30. The Labute approximate surface area is 167 Å². The molecule has 0 spiro atoms. The molecule has 0 saturated carbocycles. The molecule has 2 aromatic rings. The number of aromatic nitrogens is 4. The van der Waals surface area contributed by atoms with Crippen LogP contribution in [0.3, 0.4) is 0 Å². The second kappa shape index (κ2) is 8.11. The molecule has 0 atom stereocenters. The Morgan fingerprint density at radius 1 is 1.00 bits per heavy atom. The molecule has 0 N–H and O–H groups in total. The first kappa shape index (κ1) is 19.8. The smallest absolute Gasteiger partial charge is 0.264 e. The van der Waals surface area contributed by atoms with Gasteiger partial charge in [0.2, 0.25) is 11.9 Å². The summed E-state index contributed by atoms with van der Waals surface area (Å²) in [6.07, 6.45) is 0.0785. The van der Waals surface area contributed by atoms with Crippen LogP contribution in [0.15, 0.2) is 18.5 Å². The van der Waals surface area contributed by atoms with E-state index in [2.05, 4.69) is 19.9 Å². The first-order valence-electron chi connectivity index (χ1n) is 9.62. The SMILES string of the molecule is CC1(C)COCCN1c1nc(-c2cnccc2C(F)F)nc(N2CCOCC2)n1. The third-order valence-corrected chi connectivity index (χ3v) is 5.12. The van der Waals surface area contributed by atoms with Crippen molar-refractivity contribution < 1.29 is 18.3 Å². The second-order valence-corrected chi connectivity index (χ2v) is 7.64. The van der Waals surface area contributed by atoms with Crippen LogP contribution in [0.5, 0.6) is 0 Å². The van der Waals surface area contributed by atoms with Crippen LogP contribution in [0.4, 0.5) is 20.7 Å². The van der Waals surface area contributed by atoms with E-state index in [0.29, 0.717) is 58.0 Å². The number of ether oxygens (including phenoxy) is 2. The fourth-order valence-electron chi connectivity index (χ4n) is 3.51. The number of rotatable bonds is 4. The summed E-state index contributed by atoms with van der Waals surface area (Å²) < 4.78 is 38.2. The van der Waals surface area contributed by atoms with Crippen molar-refractivity contribution in [1.82, 2.24) is 19.9 Å². The van der Waals surface area contributed by atoms with Crippen LogP contribution in [0.2, 0.25) is 0 Å². The standard InChI is InChI=1S/C19H24F2N6O2/c1-19(2)12-29-10-7-27(19)18-24-16(14-11-22-4-3-13(14)15(20)21)23-17(25-18)26-5-8-28-9-6-26/h3-4,11,15H,5-10,12H2,1-2H3. The lowest BCUT2D eigenvalue weighted by molar-refractivity contribution is 0.0633. The van der Waals surface area contributed by atoms with Gasteiger partial charge in [0, 0.05) is 43.2 Å². The van der Waals surface area contributed by atoms with Gasteiger partial charge in [0.15, 0.2) is 5.82 Å². The Hall–Kier alpha value is -2.46. The maximum Gasteiger partial charge on any atom is 0.264 e. The number of pyridine rings is 1. The summed E-state index contributed by atoms with van der Waals surface area (Å²) >= 11 is 0. The van der Waals surface area contributed by atoms with Crippen LogP contribution < -0.4 is 9.80 Å². The molecule has 29 heavy (non-hydrogen) atoms. The molecule has 2 aliphatic heterocycles. The molecule has 10 heteroatoms. The lowest BCUT2D eigenvalue weighted by Gasteiger charge is -2.42. The molecule has 4 rings (SSSR count). The van der Waals surface area contributed by atoms with Crippen molar-refractivity contribution in [2.75, 3.05) is 55.9 Å². The lowest BCUT2D eigenvalue weighted by atomic mass is 10.0. The molecule has 8 nitrogen and oxygen atoms in total. The average molecular weight is 406 g/mol. The Morgan fingerprint density at radius 3 is 2.45 bits per heavy atom. The molecule has 0 radical (unpaired) electrons. The van der Waals surface area contributed by atoms with Crippen LogP contribution in [0, 0.1) is 0 Å². The van der Waals surface area contributed by atoms with Crippen LogP contribution in [-0.4, -0.2) is 71.5 Å². The van der Waals surface area contributed by atoms with Gasteiger partial charge in [0.25, 0.3) is 6.43 Å². The van der Waals surface area contributed by atoms with Gasteiger partial charge in [0.1, 0.15) is 0 Å².